The zero-order valence-corrected chi connectivity index (χ0v) is 14.8. The van der Waals surface area contributed by atoms with Crippen LogP contribution in [0.3, 0.4) is 0 Å². The van der Waals surface area contributed by atoms with Gasteiger partial charge < -0.3 is 14.2 Å². The number of hydrogen-bond donors (Lipinski definition) is 0. The maximum atomic E-state index is 12.1. The van der Waals surface area contributed by atoms with E-state index >= 15 is 0 Å². The number of hydrogen-bond acceptors (Lipinski definition) is 4. The van der Waals surface area contributed by atoms with E-state index < -0.39 is 0 Å². The molecule has 5 nitrogen and oxygen atoms in total. The summed E-state index contributed by atoms with van der Waals surface area (Å²) >= 11 is 0. The second-order valence-electron chi connectivity index (χ2n) is 7.09. The van der Waals surface area contributed by atoms with Crippen molar-refractivity contribution in [3.8, 4) is 11.1 Å². The summed E-state index contributed by atoms with van der Waals surface area (Å²) in [6.45, 7) is 6.11. The van der Waals surface area contributed by atoms with Crippen LogP contribution < -0.4 is 0 Å². The molecule has 1 saturated carbocycles. The van der Waals surface area contributed by atoms with Gasteiger partial charge >= 0.3 is 6.09 Å². The van der Waals surface area contributed by atoms with Crippen LogP contribution in [0.4, 0.5) is 4.79 Å². The Labute approximate surface area is 147 Å². The summed E-state index contributed by atoms with van der Waals surface area (Å²) in [6.07, 6.45) is 1.79. The van der Waals surface area contributed by atoms with E-state index in [0.717, 1.165) is 48.5 Å². The maximum absolute atomic E-state index is 12.1. The van der Waals surface area contributed by atoms with Crippen molar-refractivity contribution in [1.82, 2.24) is 10.1 Å². The van der Waals surface area contributed by atoms with Gasteiger partial charge in [-0.2, -0.15) is 0 Å². The Morgan fingerprint density at radius 2 is 2.00 bits per heavy atom. The minimum absolute atomic E-state index is 0.168. The molecule has 1 aliphatic heterocycles. The second kappa shape index (κ2) is 6.54. The minimum Gasteiger partial charge on any atom is -0.449 e. The first-order valence-corrected chi connectivity index (χ1v) is 9.14. The second-order valence-corrected chi connectivity index (χ2v) is 7.09. The summed E-state index contributed by atoms with van der Waals surface area (Å²) in [4.78, 5) is 13.9. The van der Waals surface area contributed by atoms with E-state index in [1.165, 1.54) is 0 Å². The van der Waals surface area contributed by atoms with Gasteiger partial charge in [-0.15, -0.1) is 0 Å². The molecule has 1 aromatic carbocycles. The number of likely N-dealkylation sites (tertiary alicyclic amines) is 1. The Morgan fingerprint density at radius 3 is 2.68 bits per heavy atom. The standard InChI is InChI=1S/C20H24N2O3/c1-3-4-10-24-20(23)22-11-15-16(12-22)18(15)19-17(13(2)25-21-19)14-8-6-5-7-9-14/h5-9,15-16,18H,3-4,10-12H2,1-2H3/t15-,16+,18?. The highest BCUT2D eigenvalue weighted by molar-refractivity contribution is 5.71. The molecule has 0 radical (unpaired) electrons. The number of amides is 1. The van der Waals surface area contributed by atoms with Gasteiger partial charge in [0.2, 0.25) is 0 Å². The van der Waals surface area contributed by atoms with Crippen molar-refractivity contribution < 1.29 is 14.1 Å². The average Bonchev–Trinajstić information content (AvgIpc) is 2.97. The molecule has 1 aliphatic carbocycles. The van der Waals surface area contributed by atoms with Gasteiger partial charge in [-0.25, -0.2) is 4.79 Å². The molecule has 25 heavy (non-hydrogen) atoms. The van der Waals surface area contributed by atoms with Gasteiger partial charge in [-0.05, 0) is 30.7 Å². The van der Waals surface area contributed by atoms with Crippen molar-refractivity contribution in [3.05, 3.63) is 41.8 Å². The Balaban J connectivity index is 1.44. The Kier molecular flexibility index (Phi) is 4.24. The number of benzene rings is 1. The first-order valence-electron chi connectivity index (χ1n) is 9.14. The minimum atomic E-state index is -0.168. The molecule has 1 amide bonds. The molecule has 3 atom stereocenters. The molecule has 132 valence electrons. The first kappa shape index (κ1) is 16.2. The van der Waals surface area contributed by atoms with Crippen LogP contribution in [0.25, 0.3) is 11.1 Å². The topological polar surface area (TPSA) is 55.6 Å². The number of carbonyl (C=O) groups is 1. The molecular weight excluding hydrogens is 316 g/mol. The number of rotatable bonds is 5. The van der Waals surface area contributed by atoms with Crippen LogP contribution in [0.15, 0.2) is 34.9 Å². The van der Waals surface area contributed by atoms with E-state index in [0.29, 0.717) is 24.4 Å². The molecule has 2 heterocycles. The predicted molar refractivity (Wildman–Crippen MR) is 94.2 cm³/mol. The normalized spacial score (nSPS) is 24.2. The van der Waals surface area contributed by atoms with Crippen LogP contribution in [0, 0.1) is 18.8 Å². The van der Waals surface area contributed by atoms with Crippen molar-refractivity contribution in [2.75, 3.05) is 19.7 Å². The molecule has 1 unspecified atom stereocenters. The Morgan fingerprint density at radius 1 is 1.28 bits per heavy atom. The van der Waals surface area contributed by atoms with Crippen LogP contribution in [-0.2, 0) is 4.74 Å². The smallest absolute Gasteiger partial charge is 0.409 e. The fourth-order valence-electron chi connectivity index (χ4n) is 4.05. The number of nitrogens with zero attached hydrogens (tertiary/aromatic N) is 2. The molecule has 0 spiro atoms. The average molecular weight is 340 g/mol. The summed E-state index contributed by atoms with van der Waals surface area (Å²) in [5.41, 5.74) is 3.33. The third-order valence-electron chi connectivity index (χ3n) is 5.44. The molecule has 0 N–H and O–H groups in total. The highest BCUT2D eigenvalue weighted by Gasteiger charge is 2.59. The summed E-state index contributed by atoms with van der Waals surface area (Å²) in [7, 11) is 0. The highest BCUT2D eigenvalue weighted by Crippen LogP contribution is 2.59. The monoisotopic (exact) mass is 340 g/mol. The summed E-state index contributed by atoms with van der Waals surface area (Å²) in [5, 5.41) is 4.36. The molecular formula is C20H24N2O3. The van der Waals surface area contributed by atoms with Gasteiger partial charge in [0.05, 0.1) is 12.3 Å². The van der Waals surface area contributed by atoms with Crippen LogP contribution in [-0.4, -0.2) is 35.8 Å². The third kappa shape index (κ3) is 2.92. The zero-order valence-electron chi connectivity index (χ0n) is 14.8. The van der Waals surface area contributed by atoms with Gasteiger partial charge in [0.15, 0.2) is 0 Å². The van der Waals surface area contributed by atoms with Crippen molar-refractivity contribution >= 4 is 6.09 Å². The largest absolute Gasteiger partial charge is 0.449 e. The Hall–Kier alpha value is -2.30. The van der Waals surface area contributed by atoms with Gasteiger partial charge in [0.25, 0.3) is 0 Å². The zero-order chi connectivity index (χ0) is 17.4. The molecule has 4 rings (SSSR count). The molecule has 2 fully saturated rings. The van der Waals surface area contributed by atoms with Crippen LogP contribution in [0.2, 0.25) is 0 Å². The first-order chi connectivity index (χ1) is 12.2. The molecule has 1 saturated heterocycles. The van der Waals surface area contributed by atoms with E-state index in [-0.39, 0.29) is 6.09 Å². The number of aryl methyl sites for hydroxylation is 1. The lowest BCUT2D eigenvalue weighted by Gasteiger charge is -2.19. The van der Waals surface area contributed by atoms with Crippen LogP contribution >= 0.6 is 0 Å². The van der Waals surface area contributed by atoms with Gasteiger partial charge in [0.1, 0.15) is 5.76 Å². The molecule has 2 aliphatic rings. The van der Waals surface area contributed by atoms with E-state index in [2.05, 4.69) is 24.2 Å². The fourth-order valence-corrected chi connectivity index (χ4v) is 4.05. The van der Waals surface area contributed by atoms with Crippen molar-refractivity contribution in [1.29, 1.82) is 0 Å². The summed E-state index contributed by atoms with van der Waals surface area (Å²) in [5.74, 6) is 2.21. The summed E-state index contributed by atoms with van der Waals surface area (Å²) in [6, 6.07) is 10.3. The molecule has 5 heteroatoms. The van der Waals surface area contributed by atoms with Crippen molar-refractivity contribution in [2.45, 2.75) is 32.6 Å². The lowest BCUT2D eigenvalue weighted by atomic mass is 10.00. The van der Waals surface area contributed by atoms with E-state index in [4.69, 9.17) is 9.26 Å². The molecule has 1 aromatic heterocycles. The maximum Gasteiger partial charge on any atom is 0.409 e. The van der Waals surface area contributed by atoms with Gasteiger partial charge in [0, 0.05) is 24.6 Å². The van der Waals surface area contributed by atoms with Crippen molar-refractivity contribution in [3.63, 3.8) is 0 Å². The lowest BCUT2D eigenvalue weighted by molar-refractivity contribution is 0.105. The number of carbonyl (C=O) groups excluding carboxylic acids is 1. The van der Waals surface area contributed by atoms with Gasteiger partial charge in [-0.1, -0.05) is 48.8 Å². The van der Waals surface area contributed by atoms with Gasteiger partial charge in [-0.3, -0.25) is 0 Å². The lowest BCUT2D eigenvalue weighted by Crippen LogP contribution is -2.32. The van der Waals surface area contributed by atoms with Crippen molar-refractivity contribution in [2.24, 2.45) is 11.8 Å². The fraction of sp³-hybridized carbons (Fsp3) is 0.500. The van der Waals surface area contributed by atoms with E-state index in [1.807, 2.05) is 30.0 Å². The number of ether oxygens (including phenoxy) is 1. The number of fused-ring (bicyclic) bond motifs is 1. The van der Waals surface area contributed by atoms with Crippen LogP contribution in [0.1, 0.15) is 37.1 Å². The summed E-state index contributed by atoms with van der Waals surface area (Å²) < 4.78 is 10.8. The third-order valence-corrected chi connectivity index (χ3v) is 5.44. The van der Waals surface area contributed by atoms with E-state index in [1.54, 1.807) is 0 Å². The quantitative estimate of drug-likeness (QED) is 0.764. The van der Waals surface area contributed by atoms with E-state index in [9.17, 15) is 4.79 Å². The van der Waals surface area contributed by atoms with Crippen LogP contribution in [0.5, 0.6) is 0 Å². The SMILES string of the molecule is CCCCOC(=O)N1C[C@@H]2C(c3noc(C)c3-c3ccccc3)[C@@H]2C1. The number of piperidine rings is 1. The number of unbranched alkanes of at least 4 members (excludes halogenated alkanes) is 1. The highest BCUT2D eigenvalue weighted by atomic mass is 16.6. The number of aromatic nitrogens is 1. The predicted octanol–water partition coefficient (Wildman–Crippen LogP) is 4.23. The molecule has 0 bridgehead atoms. The molecule has 2 aromatic rings. The Bertz CT molecular complexity index is 744.